The summed E-state index contributed by atoms with van der Waals surface area (Å²) in [6, 6.07) is 8.25. The second kappa shape index (κ2) is 6.06. The zero-order valence-electron chi connectivity index (χ0n) is 14.9. The number of amides is 1. The Hall–Kier alpha value is -2.56. The number of nitrogens with zero attached hydrogens (tertiary/aromatic N) is 2. The highest BCUT2D eigenvalue weighted by atomic mass is 16.5. The van der Waals surface area contributed by atoms with Crippen molar-refractivity contribution >= 4 is 16.8 Å². The first-order valence-electron chi connectivity index (χ1n) is 8.84. The van der Waals surface area contributed by atoms with Crippen LogP contribution in [0.1, 0.15) is 47.2 Å². The van der Waals surface area contributed by atoms with E-state index in [9.17, 15) is 4.79 Å². The number of aryl methyl sites for hydroxylation is 3. The van der Waals surface area contributed by atoms with Crippen molar-refractivity contribution in [3.8, 4) is 0 Å². The third-order valence-electron chi connectivity index (χ3n) is 5.35. The summed E-state index contributed by atoms with van der Waals surface area (Å²) in [7, 11) is 0. The molecule has 1 atom stereocenters. The van der Waals surface area contributed by atoms with E-state index in [1.54, 1.807) is 0 Å². The maximum Gasteiger partial charge on any atom is 0.227 e. The smallest absolute Gasteiger partial charge is 0.227 e. The molecule has 1 amide bonds. The number of aromatic amines is 1. The minimum absolute atomic E-state index is 0.0873. The Balaban J connectivity index is 1.63. The number of rotatable bonds is 3. The lowest BCUT2D eigenvalue weighted by Crippen LogP contribution is -2.32. The predicted octanol–water partition coefficient (Wildman–Crippen LogP) is 3.99. The second-order valence-electron chi connectivity index (χ2n) is 6.93. The van der Waals surface area contributed by atoms with E-state index >= 15 is 0 Å². The first-order valence-corrected chi connectivity index (χ1v) is 8.84. The fourth-order valence-corrected chi connectivity index (χ4v) is 4.15. The molecule has 0 radical (unpaired) electrons. The van der Waals surface area contributed by atoms with E-state index < -0.39 is 0 Å². The van der Waals surface area contributed by atoms with Crippen LogP contribution in [0.4, 0.5) is 0 Å². The monoisotopic (exact) mass is 337 g/mol. The van der Waals surface area contributed by atoms with Crippen LogP contribution in [-0.2, 0) is 11.2 Å². The van der Waals surface area contributed by atoms with Crippen molar-refractivity contribution in [1.29, 1.82) is 0 Å². The Bertz CT molecular complexity index is 918. The number of para-hydroxylation sites is 1. The van der Waals surface area contributed by atoms with Crippen LogP contribution in [0.3, 0.4) is 0 Å². The quantitative estimate of drug-likeness (QED) is 0.786. The summed E-state index contributed by atoms with van der Waals surface area (Å²) in [6.07, 6.45) is 2.42. The molecule has 5 heteroatoms. The van der Waals surface area contributed by atoms with Gasteiger partial charge in [-0.3, -0.25) is 4.79 Å². The molecule has 0 aliphatic carbocycles. The molecular formula is C20H23N3O2. The molecule has 1 saturated heterocycles. The molecule has 130 valence electrons. The van der Waals surface area contributed by atoms with Gasteiger partial charge in [0.25, 0.3) is 0 Å². The summed E-state index contributed by atoms with van der Waals surface area (Å²) in [5.74, 6) is 1.00. The highest BCUT2D eigenvalue weighted by Crippen LogP contribution is 2.36. The number of benzene rings is 1. The maximum atomic E-state index is 13.1. The van der Waals surface area contributed by atoms with E-state index in [0.717, 1.165) is 58.6 Å². The van der Waals surface area contributed by atoms with Crippen molar-refractivity contribution in [2.45, 2.75) is 46.1 Å². The molecule has 1 N–H and O–H groups in total. The van der Waals surface area contributed by atoms with Crippen molar-refractivity contribution in [3.05, 3.63) is 52.5 Å². The molecule has 4 rings (SSSR count). The number of aromatic nitrogens is 2. The first kappa shape index (κ1) is 15.9. The summed E-state index contributed by atoms with van der Waals surface area (Å²) >= 11 is 0. The van der Waals surface area contributed by atoms with E-state index in [0.29, 0.717) is 6.42 Å². The van der Waals surface area contributed by atoms with E-state index in [1.165, 1.54) is 0 Å². The molecule has 1 fully saturated rings. The number of H-pyrrole nitrogens is 1. The van der Waals surface area contributed by atoms with Gasteiger partial charge in [0.2, 0.25) is 5.91 Å². The molecule has 0 unspecified atom stereocenters. The van der Waals surface area contributed by atoms with Crippen LogP contribution < -0.4 is 0 Å². The van der Waals surface area contributed by atoms with E-state index in [2.05, 4.69) is 22.3 Å². The fraction of sp³-hybridized carbons (Fsp3) is 0.400. The zero-order chi connectivity index (χ0) is 17.6. The summed E-state index contributed by atoms with van der Waals surface area (Å²) in [5.41, 5.74) is 5.24. The van der Waals surface area contributed by atoms with Gasteiger partial charge in [-0.15, -0.1) is 0 Å². The lowest BCUT2D eigenvalue weighted by Gasteiger charge is -2.25. The Labute approximate surface area is 147 Å². The van der Waals surface area contributed by atoms with Crippen LogP contribution in [0.5, 0.6) is 0 Å². The lowest BCUT2D eigenvalue weighted by atomic mass is 10.0. The van der Waals surface area contributed by atoms with E-state index in [1.807, 2.05) is 37.8 Å². The van der Waals surface area contributed by atoms with E-state index in [4.69, 9.17) is 4.52 Å². The second-order valence-corrected chi connectivity index (χ2v) is 6.93. The summed E-state index contributed by atoms with van der Waals surface area (Å²) < 4.78 is 5.33. The molecule has 1 aliphatic rings. The Morgan fingerprint density at radius 2 is 2.12 bits per heavy atom. The topological polar surface area (TPSA) is 62.1 Å². The number of hydrogen-bond donors (Lipinski definition) is 1. The number of carbonyl (C=O) groups is 1. The molecular weight excluding hydrogens is 314 g/mol. The average molecular weight is 337 g/mol. The van der Waals surface area contributed by atoms with Gasteiger partial charge in [-0.2, -0.15) is 0 Å². The van der Waals surface area contributed by atoms with Crippen molar-refractivity contribution in [2.24, 2.45) is 0 Å². The van der Waals surface area contributed by atoms with Crippen LogP contribution in [0.2, 0.25) is 0 Å². The van der Waals surface area contributed by atoms with Gasteiger partial charge in [-0.25, -0.2) is 0 Å². The van der Waals surface area contributed by atoms with Gasteiger partial charge in [-0.1, -0.05) is 23.4 Å². The minimum Gasteiger partial charge on any atom is -0.361 e. The van der Waals surface area contributed by atoms with Gasteiger partial charge >= 0.3 is 0 Å². The van der Waals surface area contributed by atoms with Crippen LogP contribution in [0.25, 0.3) is 10.9 Å². The molecule has 0 bridgehead atoms. The summed E-state index contributed by atoms with van der Waals surface area (Å²) in [5, 5.41) is 5.21. The highest BCUT2D eigenvalue weighted by molar-refractivity contribution is 5.90. The Morgan fingerprint density at radius 3 is 2.88 bits per heavy atom. The fourth-order valence-electron chi connectivity index (χ4n) is 4.15. The summed E-state index contributed by atoms with van der Waals surface area (Å²) in [6.45, 7) is 6.73. The predicted molar refractivity (Wildman–Crippen MR) is 96.4 cm³/mol. The molecule has 25 heavy (non-hydrogen) atoms. The van der Waals surface area contributed by atoms with Crippen molar-refractivity contribution in [3.63, 3.8) is 0 Å². The van der Waals surface area contributed by atoms with Crippen LogP contribution in [0.15, 0.2) is 28.8 Å². The normalized spacial score (nSPS) is 17.6. The van der Waals surface area contributed by atoms with Gasteiger partial charge in [0.05, 0.1) is 18.2 Å². The van der Waals surface area contributed by atoms with Crippen molar-refractivity contribution in [1.82, 2.24) is 15.0 Å². The molecule has 1 aliphatic heterocycles. The molecule has 3 aromatic rings. The number of hydrogen-bond acceptors (Lipinski definition) is 3. The minimum atomic E-state index is 0.0873. The van der Waals surface area contributed by atoms with Crippen LogP contribution >= 0.6 is 0 Å². The number of carbonyl (C=O) groups excluding carboxylic acids is 1. The number of likely N-dealkylation sites (tertiary alicyclic amines) is 1. The third-order valence-corrected chi connectivity index (χ3v) is 5.35. The van der Waals surface area contributed by atoms with Gasteiger partial charge in [-0.05, 0) is 45.2 Å². The first-order chi connectivity index (χ1) is 12.1. The maximum absolute atomic E-state index is 13.1. The SMILES string of the molecule is Cc1noc(C)c1[C@H]1CCCN1C(=O)Cc1c(C)[nH]c2ccccc12. The third kappa shape index (κ3) is 2.64. The zero-order valence-corrected chi connectivity index (χ0v) is 14.9. The largest absolute Gasteiger partial charge is 0.361 e. The van der Waals surface area contributed by atoms with Gasteiger partial charge in [0, 0.05) is 28.7 Å². The molecule has 1 aromatic carbocycles. The summed E-state index contributed by atoms with van der Waals surface area (Å²) in [4.78, 5) is 18.5. The van der Waals surface area contributed by atoms with Crippen LogP contribution in [0, 0.1) is 20.8 Å². The molecule has 0 spiro atoms. The molecule has 2 aromatic heterocycles. The number of nitrogens with one attached hydrogen (secondary N) is 1. The van der Waals surface area contributed by atoms with Crippen molar-refractivity contribution < 1.29 is 9.32 Å². The lowest BCUT2D eigenvalue weighted by molar-refractivity contribution is -0.131. The Kier molecular flexibility index (Phi) is 3.86. The number of fused-ring (bicyclic) bond motifs is 1. The van der Waals surface area contributed by atoms with Gasteiger partial charge in [0.1, 0.15) is 5.76 Å². The van der Waals surface area contributed by atoms with Crippen LogP contribution in [-0.4, -0.2) is 27.5 Å². The molecule has 5 nitrogen and oxygen atoms in total. The Morgan fingerprint density at radius 1 is 1.32 bits per heavy atom. The molecule has 0 saturated carbocycles. The van der Waals surface area contributed by atoms with Crippen molar-refractivity contribution in [2.75, 3.05) is 6.54 Å². The standard InChI is InChI=1S/C20H23N3O2/c1-12-16(15-7-4-5-8-17(15)21-12)11-19(24)23-10-6-9-18(23)20-13(2)22-25-14(20)3/h4-5,7-8,18,21H,6,9-11H2,1-3H3/t18-/m1/s1. The average Bonchev–Trinajstić information content (AvgIpc) is 3.26. The van der Waals surface area contributed by atoms with E-state index in [-0.39, 0.29) is 11.9 Å². The highest BCUT2D eigenvalue weighted by Gasteiger charge is 2.34. The molecule has 3 heterocycles. The van der Waals surface area contributed by atoms with Gasteiger partial charge in [0.15, 0.2) is 0 Å². The van der Waals surface area contributed by atoms with Gasteiger partial charge < -0.3 is 14.4 Å².